The SMILES string of the molecule is CCOc1cc(/C=N/NC(=O)Cc2ccc(C)cc2C)cc(Br)c1OCc1ccc(Cl)cc1. The molecule has 0 unspecified atom stereocenters. The van der Waals surface area contributed by atoms with Crippen LogP contribution in [0.2, 0.25) is 5.02 Å². The van der Waals surface area contributed by atoms with E-state index in [1.165, 1.54) is 5.56 Å². The third-order valence-electron chi connectivity index (χ3n) is 4.88. The minimum Gasteiger partial charge on any atom is -0.490 e. The molecule has 1 N–H and O–H groups in total. The Labute approximate surface area is 207 Å². The van der Waals surface area contributed by atoms with Gasteiger partial charge in [0.05, 0.1) is 23.7 Å². The van der Waals surface area contributed by atoms with Gasteiger partial charge in [-0.05, 0) is 83.2 Å². The highest BCUT2D eigenvalue weighted by Gasteiger charge is 2.12. The second-order valence-electron chi connectivity index (χ2n) is 7.58. The molecule has 33 heavy (non-hydrogen) atoms. The quantitative estimate of drug-likeness (QED) is 0.258. The molecule has 0 radical (unpaired) electrons. The second kappa shape index (κ2) is 11.9. The van der Waals surface area contributed by atoms with E-state index in [4.69, 9.17) is 21.1 Å². The van der Waals surface area contributed by atoms with Gasteiger partial charge in [0, 0.05) is 5.02 Å². The molecule has 0 aliphatic carbocycles. The van der Waals surface area contributed by atoms with E-state index in [0.29, 0.717) is 29.7 Å². The number of rotatable bonds is 9. The van der Waals surface area contributed by atoms with Gasteiger partial charge in [-0.15, -0.1) is 0 Å². The number of carbonyl (C=O) groups is 1. The van der Waals surface area contributed by atoms with Crippen molar-refractivity contribution in [1.82, 2.24) is 5.43 Å². The van der Waals surface area contributed by atoms with Crippen LogP contribution in [0.4, 0.5) is 0 Å². The molecule has 0 spiro atoms. The van der Waals surface area contributed by atoms with Crippen LogP contribution in [0.15, 0.2) is 64.2 Å². The summed E-state index contributed by atoms with van der Waals surface area (Å²) in [4.78, 5) is 12.3. The smallest absolute Gasteiger partial charge is 0.244 e. The molecule has 0 atom stereocenters. The number of carbonyl (C=O) groups excluding carboxylic acids is 1. The van der Waals surface area contributed by atoms with Crippen molar-refractivity contribution in [2.45, 2.75) is 33.8 Å². The van der Waals surface area contributed by atoms with Crippen molar-refractivity contribution in [2.24, 2.45) is 5.10 Å². The number of hydrogen-bond acceptors (Lipinski definition) is 4. The van der Waals surface area contributed by atoms with E-state index in [1.807, 2.05) is 69.3 Å². The summed E-state index contributed by atoms with van der Waals surface area (Å²) in [5, 5.41) is 4.78. The molecule has 3 rings (SSSR count). The molecule has 0 bridgehead atoms. The molecular weight excluding hydrogens is 504 g/mol. The van der Waals surface area contributed by atoms with Crippen LogP contribution >= 0.6 is 27.5 Å². The van der Waals surface area contributed by atoms with Gasteiger partial charge in [-0.2, -0.15) is 5.10 Å². The maximum Gasteiger partial charge on any atom is 0.244 e. The molecule has 3 aromatic carbocycles. The third-order valence-corrected chi connectivity index (χ3v) is 5.72. The van der Waals surface area contributed by atoms with Crippen LogP contribution in [0, 0.1) is 13.8 Å². The summed E-state index contributed by atoms with van der Waals surface area (Å²) in [7, 11) is 0. The average molecular weight is 530 g/mol. The highest BCUT2D eigenvalue weighted by Crippen LogP contribution is 2.37. The van der Waals surface area contributed by atoms with Gasteiger partial charge in [-0.3, -0.25) is 4.79 Å². The fourth-order valence-electron chi connectivity index (χ4n) is 3.24. The summed E-state index contributed by atoms with van der Waals surface area (Å²) < 4.78 is 12.5. The lowest BCUT2D eigenvalue weighted by Gasteiger charge is -2.14. The highest BCUT2D eigenvalue weighted by atomic mass is 79.9. The molecule has 0 fully saturated rings. The van der Waals surface area contributed by atoms with E-state index in [0.717, 1.165) is 26.7 Å². The first-order valence-electron chi connectivity index (χ1n) is 10.6. The number of amides is 1. The molecule has 0 aliphatic rings. The van der Waals surface area contributed by atoms with Gasteiger partial charge < -0.3 is 9.47 Å². The second-order valence-corrected chi connectivity index (χ2v) is 8.87. The molecule has 0 aromatic heterocycles. The van der Waals surface area contributed by atoms with E-state index in [-0.39, 0.29) is 12.3 Å². The number of hydrazone groups is 1. The number of hydrogen-bond donors (Lipinski definition) is 1. The summed E-state index contributed by atoms with van der Waals surface area (Å²) in [5.41, 5.74) is 7.59. The maximum absolute atomic E-state index is 12.3. The molecule has 0 saturated carbocycles. The number of benzene rings is 3. The van der Waals surface area contributed by atoms with E-state index in [9.17, 15) is 4.79 Å². The van der Waals surface area contributed by atoms with Crippen molar-refractivity contribution in [3.8, 4) is 11.5 Å². The fourth-order valence-corrected chi connectivity index (χ4v) is 3.94. The van der Waals surface area contributed by atoms with Crippen LogP contribution < -0.4 is 14.9 Å². The minimum atomic E-state index is -0.176. The molecule has 1 amide bonds. The van der Waals surface area contributed by atoms with Gasteiger partial charge in [0.1, 0.15) is 6.61 Å². The number of ether oxygens (including phenoxy) is 2. The lowest BCUT2D eigenvalue weighted by molar-refractivity contribution is -0.120. The first-order chi connectivity index (χ1) is 15.9. The Balaban J connectivity index is 1.66. The Hall–Kier alpha value is -2.83. The molecule has 0 saturated heterocycles. The van der Waals surface area contributed by atoms with E-state index in [1.54, 1.807) is 6.21 Å². The Bertz CT molecular complexity index is 1150. The monoisotopic (exact) mass is 528 g/mol. The largest absolute Gasteiger partial charge is 0.490 e. The normalized spacial score (nSPS) is 10.9. The Morgan fingerprint density at radius 3 is 2.55 bits per heavy atom. The predicted octanol–water partition coefficient (Wildman–Crippen LogP) is 6.39. The molecule has 172 valence electrons. The summed E-state index contributed by atoms with van der Waals surface area (Å²) in [6, 6.07) is 17.2. The maximum atomic E-state index is 12.3. The molecule has 7 heteroatoms. The van der Waals surface area contributed by atoms with Gasteiger partial charge in [0.25, 0.3) is 0 Å². The number of nitrogens with one attached hydrogen (secondary N) is 1. The van der Waals surface area contributed by atoms with Crippen LogP contribution in [0.5, 0.6) is 11.5 Å². The average Bonchev–Trinajstić information content (AvgIpc) is 2.76. The van der Waals surface area contributed by atoms with Crippen molar-refractivity contribution in [3.05, 3.63) is 91.9 Å². The van der Waals surface area contributed by atoms with Gasteiger partial charge in [-0.25, -0.2) is 5.43 Å². The minimum absolute atomic E-state index is 0.176. The van der Waals surface area contributed by atoms with E-state index in [2.05, 4.69) is 32.5 Å². The van der Waals surface area contributed by atoms with Crippen molar-refractivity contribution in [3.63, 3.8) is 0 Å². The Kier molecular flexibility index (Phi) is 8.92. The zero-order chi connectivity index (χ0) is 23.8. The topological polar surface area (TPSA) is 59.9 Å². The molecule has 3 aromatic rings. The predicted molar refractivity (Wildman–Crippen MR) is 136 cm³/mol. The lowest BCUT2D eigenvalue weighted by Crippen LogP contribution is -2.20. The molecular formula is C26H26BrClN2O3. The molecule has 5 nitrogen and oxygen atoms in total. The van der Waals surface area contributed by atoms with Gasteiger partial charge in [0.15, 0.2) is 11.5 Å². The lowest BCUT2D eigenvalue weighted by atomic mass is 10.0. The van der Waals surface area contributed by atoms with Crippen LogP contribution in [0.25, 0.3) is 0 Å². The summed E-state index contributed by atoms with van der Waals surface area (Å²) in [6.45, 7) is 6.80. The highest BCUT2D eigenvalue weighted by molar-refractivity contribution is 9.10. The first-order valence-corrected chi connectivity index (χ1v) is 11.7. The zero-order valence-electron chi connectivity index (χ0n) is 18.8. The molecule has 0 heterocycles. The number of halogens is 2. The number of nitrogens with zero attached hydrogens (tertiary/aromatic N) is 1. The van der Waals surface area contributed by atoms with Crippen LogP contribution in [-0.4, -0.2) is 18.7 Å². The van der Waals surface area contributed by atoms with E-state index < -0.39 is 0 Å². The summed E-state index contributed by atoms with van der Waals surface area (Å²) >= 11 is 9.50. The number of aryl methyl sites for hydroxylation is 2. The summed E-state index contributed by atoms with van der Waals surface area (Å²) in [6.07, 6.45) is 1.85. The Morgan fingerprint density at radius 2 is 1.85 bits per heavy atom. The van der Waals surface area contributed by atoms with Gasteiger partial charge in [-0.1, -0.05) is 47.5 Å². The standard InChI is InChI=1S/C26H26BrClN2O3/c1-4-32-24-13-20(12-23(27)26(24)33-16-19-6-9-22(28)10-7-19)15-29-30-25(31)14-21-8-5-17(2)11-18(21)3/h5-13,15H,4,14,16H2,1-3H3,(H,30,31)/b29-15+. The van der Waals surface area contributed by atoms with Crippen molar-refractivity contribution in [2.75, 3.05) is 6.61 Å². The van der Waals surface area contributed by atoms with Gasteiger partial charge in [0.2, 0.25) is 5.91 Å². The van der Waals surface area contributed by atoms with Crippen molar-refractivity contribution >= 4 is 39.7 Å². The van der Waals surface area contributed by atoms with Crippen molar-refractivity contribution in [1.29, 1.82) is 0 Å². The van der Waals surface area contributed by atoms with Crippen LogP contribution in [0.1, 0.15) is 34.7 Å². The van der Waals surface area contributed by atoms with Gasteiger partial charge >= 0.3 is 0 Å². The Morgan fingerprint density at radius 1 is 1.09 bits per heavy atom. The van der Waals surface area contributed by atoms with Crippen molar-refractivity contribution < 1.29 is 14.3 Å². The van der Waals surface area contributed by atoms with E-state index >= 15 is 0 Å². The summed E-state index contributed by atoms with van der Waals surface area (Å²) in [5.74, 6) is 1.01. The zero-order valence-corrected chi connectivity index (χ0v) is 21.2. The fraction of sp³-hybridized carbons (Fsp3) is 0.231. The third kappa shape index (κ3) is 7.34. The molecule has 0 aliphatic heterocycles. The van der Waals surface area contributed by atoms with Crippen LogP contribution in [-0.2, 0) is 17.8 Å². The van der Waals surface area contributed by atoms with Crippen LogP contribution in [0.3, 0.4) is 0 Å². The first kappa shape index (κ1) is 24.8.